The lowest BCUT2D eigenvalue weighted by Gasteiger charge is -2.50. The third-order valence-corrected chi connectivity index (χ3v) is 12.1. The maximum absolute atomic E-state index is 15.3. The quantitative estimate of drug-likeness (QED) is 0.587. The topological polar surface area (TPSA) is 86.7 Å². The summed E-state index contributed by atoms with van der Waals surface area (Å²) >= 11 is 0. The van der Waals surface area contributed by atoms with E-state index in [0.29, 0.717) is 12.8 Å². The summed E-state index contributed by atoms with van der Waals surface area (Å²) in [5.41, 5.74) is 0.524. The van der Waals surface area contributed by atoms with Crippen LogP contribution in [0.3, 0.4) is 0 Å². The first-order valence-electron chi connectivity index (χ1n) is 11.3. The number of fused-ring (bicyclic) bond motifs is 3. The first-order valence-corrected chi connectivity index (χ1v) is 14.5. The van der Waals surface area contributed by atoms with Crippen molar-refractivity contribution in [3.63, 3.8) is 0 Å². The number of hydrogen-bond acceptors (Lipinski definition) is 6. The van der Waals surface area contributed by atoms with Crippen molar-refractivity contribution in [1.82, 2.24) is 0 Å². The molecule has 1 saturated heterocycles. The molecule has 10 heteroatoms. The Hall–Kier alpha value is -2.04. The van der Waals surface area contributed by atoms with E-state index in [1.807, 2.05) is 6.92 Å². The highest BCUT2D eigenvalue weighted by molar-refractivity contribution is 7.92. The van der Waals surface area contributed by atoms with Gasteiger partial charge < -0.3 is 9.47 Å². The second kappa shape index (κ2) is 8.27. The van der Waals surface area contributed by atoms with Crippen LogP contribution in [0.2, 0.25) is 0 Å². The van der Waals surface area contributed by atoms with Crippen LogP contribution in [-0.2, 0) is 29.2 Å². The number of ether oxygens (including phenoxy) is 2. The summed E-state index contributed by atoms with van der Waals surface area (Å²) in [6.45, 7) is 1.55. The zero-order chi connectivity index (χ0) is 24.3. The Labute approximate surface area is 198 Å². The highest BCUT2D eigenvalue weighted by Crippen LogP contribution is 2.56. The van der Waals surface area contributed by atoms with Crippen molar-refractivity contribution in [2.75, 3.05) is 19.0 Å². The standard InChI is InChI=1S/C24H26F2O6S2/c1-15-2-4-17(5-3-15)34(29,30)24-11-12-31-21(10-13-33(27,28)16-6-7-16)18(24)14-32-23-20(26)9-8-19(25)22(23)24/h2-5,8-9,16,18,21H,6-7,10-14H2,1H3/t18-,21-,24-/m0/s1. The van der Waals surface area contributed by atoms with Gasteiger partial charge in [0.15, 0.2) is 31.2 Å². The van der Waals surface area contributed by atoms with Crippen LogP contribution in [0.25, 0.3) is 0 Å². The van der Waals surface area contributed by atoms with Gasteiger partial charge in [0.2, 0.25) is 0 Å². The third-order valence-electron chi connectivity index (χ3n) is 7.27. The van der Waals surface area contributed by atoms with Gasteiger partial charge in [0.1, 0.15) is 10.6 Å². The molecular formula is C24H26F2O6S2. The Bertz CT molecular complexity index is 1320. The molecule has 6 nitrogen and oxygen atoms in total. The monoisotopic (exact) mass is 512 g/mol. The summed E-state index contributed by atoms with van der Waals surface area (Å²) < 4.78 is 93.2. The van der Waals surface area contributed by atoms with Gasteiger partial charge in [-0.15, -0.1) is 0 Å². The second-order valence-electron chi connectivity index (χ2n) is 9.37. The molecule has 2 heterocycles. The van der Waals surface area contributed by atoms with Gasteiger partial charge in [-0.1, -0.05) is 17.7 Å². The minimum atomic E-state index is -4.26. The Kier molecular flexibility index (Phi) is 5.76. The van der Waals surface area contributed by atoms with Gasteiger partial charge in [0.25, 0.3) is 0 Å². The molecular weight excluding hydrogens is 486 g/mol. The van der Waals surface area contributed by atoms with Crippen LogP contribution in [0.5, 0.6) is 5.75 Å². The van der Waals surface area contributed by atoms with Crippen molar-refractivity contribution in [2.45, 2.75) is 53.6 Å². The number of hydrogen-bond donors (Lipinski definition) is 0. The summed E-state index contributed by atoms with van der Waals surface area (Å²) in [7, 11) is -7.58. The molecule has 0 spiro atoms. The summed E-state index contributed by atoms with van der Waals surface area (Å²) in [6.07, 6.45) is 0.410. The normalized spacial score (nSPS) is 26.9. The number of rotatable bonds is 6. The molecule has 5 rings (SSSR count). The largest absolute Gasteiger partial charge is 0.490 e. The first kappa shape index (κ1) is 23.7. The Morgan fingerprint density at radius 3 is 2.35 bits per heavy atom. The fraction of sp³-hybridized carbons (Fsp3) is 0.500. The highest BCUT2D eigenvalue weighted by Gasteiger charge is 2.61. The number of halogens is 2. The van der Waals surface area contributed by atoms with E-state index in [-0.39, 0.29) is 47.5 Å². The molecule has 1 aliphatic carbocycles. The van der Waals surface area contributed by atoms with E-state index in [2.05, 4.69) is 0 Å². The maximum Gasteiger partial charge on any atom is 0.189 e. The summed E-state index contributed by atoms with van der Waals surface area (Å²) in [5.74, 6) is -3.18. The van der Waals surface area contributed by atoms with Crippen molar-refractivity contribution in [3.8, 4) is 5.75 Å². The molecule has 0 unspecified atom stereocenters. The molecule has 0 bridgehead atoms. The molecule has 0 aromatic heterocycles. The summed E-state index contributed by atoms with van der Waals surface area (Å²) in [6, 6.07) is 8.06. The molecule has 2 aromatic carbocycles. The molecule has 34 heavy (non-hydrogen) atoms. The fourth-order valence-corrected chi connectivity index (χ4v) is 9.41. The van der Waals surface area contributed by atoms with Crippen molar-refractivity contribution < 1.29 is 35.1 Å². The molecule has 0 radical (unpaired) electrons. The summed E-state index contributed by atoms with van der Waals surface area (Å²) in [5, 5.41) is -0.355. The van der Waals surface area contributed by atoms with Crippen LogP contribution in [0, 0.1) is 24.5 Å². The van der Waals surface area contributed by atoms with Gasteiger partial charge in [-0.05, 0) is 56.9 Å². The van der Waals surface area contributed by atoms with E-state index in [1.165, 1.54) is 12.1 Å². The molecule has 3 atom stereocenters. The smallest absolute Gasteiger partial charge is 0.189 e. The molecule has 1 saturated carbocycles. The van der Waals surface area contributed by atoms with E-state index < -0.39 is 53.8 Å². The molecule has 2 fully saturated rings. The Balaban J connectivity index is 1.65. The lowest BCUT2D eigenvalue weighted by atomic mass is 9.75. The molecule has 0 N–H and O–H groups in total. The first-order chi connectivity index (χ1) is 16.1. The van der Waals surface area contributed by atoms with E-state index >= 15 is 4.39 Å². The van der Waals surface area contributed by atoms with Crippen LogP contribution >= 0.6 is 0 Å². The minimum absolute atomic E-state index is 0.00846. The SMILES string of the molecule is Cc1ccc(S(=O)(=O)[C@@]23CCO[C@@H](CCS(=O)(=O)C4CC4)[C@@H]2COc2c(F)ccc(F)c23)cc1. The van der Waals surface area contributed by atoms with Crippen molar-refractivity contribution in [3.05, 3.63) is 59.2 Å². The lowest BCUT2D eigenvalue weighted by Crippen LogP contribution is -2.57. The predicted octanol–water partition coefficient (Wildman–Crippen LogP) is 3.71. The average molecular weight is 513 g/mol. The van der Waals surface area contributed by atoms with Crippen LogP contribution in [0.15, 0.2) is 41.3 Å². The average Bonchev–Trinajstić information content (AvgIpc) is 3.66. The molecule has 2 aliphatic heterocycles. The second-order valence-corrected chi connectivity index (χ2v) is 14.0. The van der Waals surface area contributed by atoms with Gasteiger partial charge in [0, 0.05) is 12.5 Å². The number of aryl methyl sites for hydroxylation is 1. The van der Waals surface area contributed by atoms with E-state index in [0.717, 1.165) is 17.7 Å². The van der Waals surface area contributed by atoms with E-state index in [9.17, 15) is 21.2 Å². The zero-order valence-corrected chi connectivity index (χ0v) is 20.3. The highest BCUT2D eigenvalue weighted by atomic mass is 32.2. The van der Waals surface area contributed by atoms with Gasteiger partial charge >= 0.3 is 0 Å². The van der Waals surface area contributed by atoms with E-state index in [4.69, 9.17) is 9.47 Å². The predicted molar refractivity (Wildman–Crippen MR) is 121 cm³/mol. The minimum Gasteiger partial charge on any atom is -0.490 e. The van der Waals surface area contributed by atoms with Crippen molar-refractivity contribution in [2.24, 2.45) is 5.92 Å². The molecule has 184 valence electrons. The van der Waals surface area contributed by atoms with E-state index in [1.54, 1.807) is 12.1 Å². The maximum atomic E-state index is 15.3. The van der Waals surface area contributed by atoms with Crippen LogP contribution in [-0.4, -0.2) is 47.2 Å². The van der Waals surface area contributed by atoms with Gasteiger partial charge in [-0.2, -0.15) is 0 Å². The van der Waals surface area contributed by atoms with Gasteiger partial charge in [-0.3, -0.25) is 0 Å². The van der Waals surface area contributed by atoms with Crippen molar-refractivity contribution in [1.29, 1.82) is 0 Å². The Morgan fingerprint density at radius 1 is 1.00 bits per heavy atom. The van der Waals surface area contributed by atoms with Crippen LogP contribution in [0.1, 0.15) is 36.8 Å². The summed E-state index contributed by atoms with van der Waals surface area (Å²) in [4.78, 5) is -0.00846. The fourth-order valence-electron chi connectivity index (χ4n) is 5.31. The Morgan fingerprint density at radius 2 is 1.68 bits per heavy atom. The zero-order valence-electron chi connectivity index (χ0n) is 18.7. The number of sulfone groups is 2. The molecule has 2 aromatic rings. The third kappa shape index (κ3) is 3.65. The van der Waals surface area contributed by atoms with Gasteiger partial charge in [-0.25, -0.2) is 25.6 Å². The van der Waals surface area contributed by atoms with Crippen LogP contribution in [0.4, 0.5) is 8.78 Å². The van der Waals surface area contributed by atoms with Crippen molar-refractivity contribution >= 4 is 19.7 Å². The lowest BCUT2D eigenvalue weighted by molar-refractivity contribution is -0.0732. The van der Waals surface area contributed by atoms with Gasteiger partial charge in [0.05, 0.1) is 34.2 Å². The molecule has 0 amide bonds. The van der Waals surface area contributed by atoms with Crippen LogP contribution < -0.4 is 4.74 Å². The molecule has 3 aliphatic rings. The number of benzene rings is 2.